The van der Waals surface area contributed by atoms with Crippen molar-refractivity contribution in [1.82, 2.24) is 14.8 Å². The third-order valence-corrected chi connectivity index (χ3v) is 3.82. The first-order valence-electron chi connectivity index (χ1n) is 5.76. The summed E-state index contributed by atoms with van der Waals surface area (Å²) in [6.45, 7) is 3.37. The second kappa shape index (κ2) is 5.67. The molecule has 2 heterocycles. The maximum absolute atomic E-state index is 11.9. The van der Waals surface area contributed by atoms with Crippen LogP contribution >= 0.6 is 22.9 Å². The maximum Gasteiger partial charge on any atom is 0.242 e. The lowest BCUT2D eigenvalue weighted by Gasteiger charge is -2.33. The van der Waals surface area contributed by atoms with Gasteiger partial charge in [0.25, 0.3) is 0 Å². The van der Waals surface area contributed by atoms with E-state index in [1.807, 2.05) is 6.92 Å². The van der Waals surface area contributed by atoms with Crippen LogP contribution in [0.25, 0.3) is 0 Å². The molecule has 0 bridgehead atoms. The molecule has 0 aromatic carbocycles. The molecule has 0 saturated carbocycles. The topological polar surface area (TPSA) is 53.5 Å². The summed E-state index contributed by atoms with van der Waals surface area (Å²) >= 11 is 7.07. The molecule has 2 amide bonds. The van der Waals surface area contributed by atoms with Gasteiger partial charge in [0, 0.05) is 17.6 Å². The van der Waals surface area contributed by atoms with E-state index in [9.17, 15) is 9.59 Å². The molecule has 1 aliphatic rings. The minimum Gasteiger partial charge on any atom is -0.332 e. The molecule has 1 fully saturated rings. The van der Waals surface area contributed by atoms with Crippen LogP contribution in [0, 0.1) is 0 Å². The van der Waals surface area contributed by atoms with Crippen molar-refractivity contribution in [2.45, 2.75) is 19.9 Å². The number of hydrogen-bond donors (Lipinski definition) is 0. The zero-order valence-corrected chi connectivity index (χ0v) is 11.6. The van der Waals surface area contributed by atoms with Crippen LogP contribution in [0.2, 0.25) is 4.47 Å². The van der Waals surface area contributed by atoms with Gasteiger partial charge in [-0.25, -0.2) is 4.98 Å². The van der Waals surface area contributed by atoms with Crippen LogP contribution in [0.4, 0.5) is 0 Å². The highest BCUT2D eigenvalue weighted by atomic mass is 35.5. The molecular weight excluding hydrogens is 274 g/mol. The summed E-state index contributed by atoms with van der Waals surface area (Å²) in [5.74, 6) is -0.0142. The smallest absolute Gasteiger partial charge is 0.242 e. The predicted octanol–water partition coefficient (Wildman–Crippen LogP) is 1.38. The molecule has 0 spiro atoms. The van der Waals surface area contributed by atoms with Gasteiger partial charge < -0.3 is 9.80 Å². The number of carbonyl (C=O) groups excluding carboxylic acids is 2. The second-order valence-electron chi connectivity index (χ2n) is 4.14. The van der Waals surface area contributed by atoms with Crippen LogP contribution in [0.5, 0.6) is 0 Å². The summed E-state index contributed by atoms with van der Waals surface area (Å²) in [6, 6.07) is 0. The van der Waals surface area contributed by atoms with Crippen molar-refractivity contribution in [2.75, 3.05) is 19.6 Å². The van der Waals surface area contributed by atoms with Crippen LogP contribution < -0.4 is 0 Å². The first-order chi connectivity index (χ1) is 8.60. The van der Waals surface area contributed by atoms with E-state index in [-0.39, 0.29) is 24.9 Å². The quantitative estimate of drug-likeness (QED) is 0.841. The third-order valence-electron chi connectivity index (χ3n) is 2.72. The van der Waals surface area contributed by atoms with E-state index in [0.717, 1.165) is 11.3 Å². The Hall–Kier alpha value is -1.14. The monoisotopic (exact) mass is 287 g/mol. The van der Waals surface area contributed by atoms with Gasteiger partial charge >= 0.3 is 0 Å². The van der Waals surface area contributed by atoms with E-state index in [0.29, 0.717) is 17.6 Å². The molecule has 0 N–H and O–H groups in total. The fourth-order valence-corrected chi connectivity index (χ4v) is 2.86. The lowest BCUT2D eigenvalue weighted by molar-refractivity contribution is -0.150. The van der Waals surface area contributed by atoms with E-state index in [2.05, 4.69) is 4.98 Å². The van der Waals surface area contributed by atoms with Gasteiger partial charge in [-0.1, -0.05) is 18.5 Å². The molecule has 18 heavy (non-hydrogen) atoms. The fourth-order valence-electron chi connectivity index (χ4n) is 1.87. The van der Waals surface area contributed by atoms with Crippen molar-refractivity contribution < 1.29 is 9.59 Å². The number of amides is 2. The van der Waals surface area contributed by atoms with Gasteiger partial charge in [-0.3, -0.25) is 9.59 Å². The summed E-state index contributed by atoms with van der Waals surface area (Å²) < 4.78 is 0.452. The maximum atomic E-state index is 11.9. The molecule has 7 heteroatoms. The Bertz CT molecular complexity index is 463. The SMILES string of the molecule is CCCN1CC(=O)N(Cc2cnc(Cl)s2)CC1=O. The number of halogens is 1. The molecule has 1 aromatic rings. The van der Waals surface area contributed by atoms with Crippen LogP contribution in [0.15, 0.2) is 6.20 Å². The van der Waals surface area contributed by atoms with E-state index >= 15 is 0 Å². The van der Waals surface area contributed by atoms with E-state index in [4.69, 9.17) is 11.6 Å². The number of aromatic nitrogens is 1. The fraction of sp³-hybridized carbons (Fsp3) is 0.545. The Morgan fingerprint density at radius 3 is 2.61 bits per heavy atom. The van der Waals surface area contributed by atoms with Gasteiger partial charge in [0.1, 0.15) is 6.54 Å². The van der Waals surface area contributed by atoms with Gasteiger partial charge in [0.2, 0.25) is 11.8 Å². The summed E-state index contributed by atoms with van der Waals surface area (Å²) in [5.41, 5.74) is 0. The normalized spacial score (nSPS) is 16.6. The van der Waals surface area contributed by atoms with Crippen molar-refractivity contribution in [2.24, 2.45) is 0 Å². The molecular formula is C11H14ClN3O2S. The number of hydrogen-bond acceptors (Lipinski definition) is 4. The van der Waals surface area contributed by atoms with Gasteiger partial charge in [-0.15, -0.1) is 11.3 Å². The minimum atomic E-state index is -0.0208. The zero-order valence-electron chi connectivity index (χ0n) is 10.1. The van der Waals surface area contributed by atoms with Crippen molar-refractivity contribution >= 4 is 34.8 Å². The van der Waals surface area contributed by atoms with E-state index in [1.54, 1.807) is 16.0 Å². The molecule has 0 radical (unpaired) electrons. The lowest BCUT2D eigenvalue weighted by Crippen LogP contribution is -2.53. The molecule has 1 aliphatic heterocycles. The first kappa shape index (κ1) is 13.3. The van der Waals surface area contributed by atoms with Crippen LogP contribution in [0.3, 0.4) is 0 Å². The number of nitrogens with zero attached hydrogens (tertiary/aromatic N) is 3. The summed E-state index contributed by atoms with van der Waals surface area (Å²) in [4.78, 5) is 31.7. The van der Waals surface area contributed by atoms with E-state index in [1.165, 1.54) is 11.3 Å². The zero-order chi connectivity index (χ0) is 13.1. The van der Waals surface area contributed by atoms with Crippen molar-refractivity contribution in [3.8, 4) is 0 Å². The highest BCUT2D eigenvalue weighted by molar-refractivity contribution is 7.15. The molecule has 0 aliphatic carbocycles. The highest BCUT2D eigenvalue weighted by Crippen LogP contribution is 2.20. The number of carbonyl (C=O) groups is 2. The Morgan fingerprint density at radius 1 is 1.33 bits per heavy atom. The molecule has 2 rings (SSSR count). The average molecular weight is 288 g/mol. The largest absolute Gasteiger partial charge is 0.332 e. The van der Waals surface area contributed by atoms with Crippen molar-refractivity contribution in [3.05, 3.63) is 15.5 Å². The Kier molecular flexibility index (Phi) is 4.19. The lowest BCUT2D eigenvalue weighted by atomic mass is 10.2. The number of rotatable bonds is 4. The predicted molar refractivity (Wildman–Crippen MR) is 69.4 cm³/mol. The Labute approximate surface area is 114 Å². The Balaban J connectivity index is 1.99. The van der Waals surface area contributed by atoms with Crippen LogP contribution in [-0.4, -0.2) is 46.2 Å². The van der Waals surface area contributed by atoms with Gasteiger partial charge in [0.15, 0.2) is 4.47 Å². The second-order valence-corrected chi connectivity index (χ2v) is 5.84. The average Bonchev–Trinajstić information content (AvgIpc) is 2.71. The highest BCUT2D eigenvalue weighted by Gasteiger charge is 2.29. The summed E-state index contributed by atoms with van der Waals surface area (Å²) in [6.07, 6.45) is 2.51. The molecule has 1 aromatic heterocycles. The molecule has 0 unspecified atom stereocenters. The summed E-state index contributed by atoms with van der Waals surface area (Å²) in [7, 11) is 0. The first-order valence-corrected chi connectivity index (χ1v) is 6.95. The van der Waals surface area contributed by atoms with Crippen LogP contribution in [-0.2, 0) is 16.1 Å². The Morgan fingerprint density at radius 2 is 2.00 bits per heavy atom. The van der Waals surface area contributed by atoms with Crippen LogP contribution in [0.1, 0.15) is 18.2 Å². The van der Waals surface area contributed by atoms with E-state index < -0.39 is 0 Å². The molecule has 5 nitrogen and oxygen atoms in total. The van der Waals surface area contributed by atoms with Gasteiger partial charge in [-0.2, -0.15) is 0 Å². The van der Waals surface area contributed by atoms with Gasteiger partial charge in [0.05, 0.1) is 13.1 Å². The van der Waals surface area contributed by atoms with Crippen molar-refractivity contribution in [1.29, 1.82) is 0 Å². The van der Waals surface area contributed by atoms with Gasteiger partial charge in [-0.05, 0) is 6.42 Å². The number of thiazole rings is 1. The van der Waals surface area contributed by atoms with Crippen molar-refractivity contribution in [3.63, 3.8) is 0 Å². The standard InChI is InChI=1S/C11H14ClN3O2S/c1-2-3-14-6-10(17)15(7-9(14)16)5-8-4-13-11(12)18-8/h4H,2-3,5-7H2,1H3. The molecule has 0 atom stereocenters. The molecule has 98 valence electrons. The molecule has 1 saturated heterocycles. The summed E-state index contributed by atoms with van der Waals surface area (Å²) in [5, 5.41) is 0. The third kappa shape index (κ3) is 3.00. The minimum absolute atomic E-state index is 0.00654. The number of piperazine rings is 1.